The Bertz CT molecular complexity index is 664. The van der Waals surface area contributed by atoms with Crippen LogP contribution in [-0.4, -0.2) is 25.9 Å². The highest BCUT2D eigenvalue weighted by molar-refractivity contribution is 5.77. The van der Waals surface area contributed by atoms with Gasteiger partial charge < -0.3 is 23.9 Å². The van der Waals surface area contributed by atoms with Crippen molar-refractivity contribution in [2.75, 3.05) is 19.9 Å². The number of fused-ring (bicyclic) bond motifs is 1. The van der Waals surface area contributed by atoms with Crippen molar-refractivity contribution < 1.29 is 23.4 Å². The number of hydrogen-bond donors (Lipinski definition) is 1. The third-order valence-electron chi connectivity index (χ3n) is 3.20. The van der Waals surface area contributed by atoms with Crippen molar-refractivity contribution in [3.63, 3.8) is 0 Å². The Morgan fingerprint density at radius 1 is 1.23 bits per heavy atom. The fraction of sp³-hybridized carbons (Fsp3) is 0.312. The molecule has 0 fully saturated rings. The van der Waals surface area contributed by atoms with Gasteiger partial charge in [0, 0.05) is 19.0 Å². The number of rotatable bonds is 6. The van der Waals surface area contributed by atoms with Crippen LogP contribution in [0.4, 0.5) is 0 Å². The fourth-order valence-corrected chi connectivity index (χ4v) is 2.11. The van der Waals surface area contributed by atoms with Gasteiger partial charge in [0.15, 0.2) is 18.1 Å². The van der Waals surface area contributed by atoms with Crippen LogP contribution in [0, 0.1) is 6.92 Å². The van der Waals surface area contributed by atoms with E-state index in [-0.39, 0.29) is 19.3 Å². The van der Waals surface area contributed by atoms with Gasteiger partial charge in [0.1, 0.15) is 17.3 Å². The first-order chi connectivity index (χ1) is 10.7. The zero-order valence-corrected chi connectivity index (χ0v) is 12.3. The summed E-state index contributed by atoms with van der Waals surface area (Å²) in [5, 5.41) is 2.78. The number of amides is 1. The summed E-state index contributed by atoms with van der Waals surface area (Å²) in [5.41, 5.74) is 0. The van der Waals surface area contributed by atoms with Crippen LogP contribution in [0.1, 0.15) is 11.5 Å². The van der Waals surface area contributed by atoms with E-state index in [1.165, 1.54) is 0 Å². The zero-order valence-electron chi connectivity index (χ0n) is 12.3. The molecule has 0 radical (unpaired) electrons. The number of benzene rings is 1. The fourth-order valence-electron chi connectivity index (χ4n) is 2.11. The molecule has 6 nitrogen and oxygen atoms in total. The van der Waals surface area contributed by atoms with Gasteiger partial charge in [-0.1, -0.05) is 0 Å². The predicted molar refractivity (Wildman–Crippen MR) is 78.2 cm³/mol. The molecule has 0 bridgehead atoms. The molecular weight excluding hydrogens is 286 g/mol. The Labute approximate surface area is 128 Å². The number of ether oxygens (including phenoxy) is 3. The molecule has 116 valence electrons. The second kappa shape index (κ2) is 6.43. The molecule has 2 aromatic rings. The van der Waals surface area contributed by atoms with E-state index >= 15 is 0 Å². The molecular formula is C16H17NO5. The Morgan fingerprint density at radius 3 is 2.91 bits per heavy atom. The van der Waals surface area contributed by atoms with Crippen LogP contribution in [0.5, 0.6) is 17.2 Å². The molecule has 1 aromatic carbocycles. The molecule has 22 heavy (non-hydrogen) atoms. The number of carbonyl (C=O) groups is 1. The van der Waals surface area contributed by atoms with Crippen molar-refractivity contribution >= 4 is 5.91 Å². The molecule has 1 aromatic heterocycles. The standard InChI is InChI=1S/C16H17NO5/c1-11-2-3-12(22-11)6-7-17-16(18)9-19-13-4-5-14-15(8-13)21-10-20-14/h2-5,8H,6-7,9-10H2,1H3,(H,17,18). The number of aryl methyl sites for hydroxylation is 1. The average Bonchev–Trinajstić information content (AvgIpc) is 3.13. The molecule has 1 aliphatic heterocycles. The topological polar surface area (TPSA) is 69.9 Å². The quantitative estimate of drug-likeness (QED) is 0.884. The van der Waals surface area contributed by atoms with Gasteiger partial charge >= 0.3 is 0 Å². The summed E-state index contributed by atoms with van der Waals surface area (Å²) in [6.45, 7) is 2.57. The van der Waals surface area contributed by atoms with Crippen LogP contribution in [0.25, 0.3) is 0 Å². The van der Waals surface area contributed by atoms with E-state index in [0.717, 1.165) is 11.5 Å². The molecule has 6 heteroatoms. The number of nitrogens with one attached hydrogen (secondary N) is 1. The Morgan fingerprint density at radius 2 is 2.09 bits per heavy atom. The minimum atomic E-state index is -0.180. The molecule has 1 amide bonds. The third-order valence-corrected chi connectivity index (χ3v) is 3.20. The molecule has 2 heterocycles. The zero-order chi connectivity index (χ0) is 15.4. The second-order valence-corrected chi connectivity index (χ2v) is 4.92. The minimum absolute atomic E-state index is 0.0448. The lowest BCUT2D eigenvalue weighted by atomic mass is 10.3. The molecule has 0 saturated carbocycles. The summed E-state index contributed by atoms with van der Waals surface area (Å²) in [6.07, 6.45) is 0.656. The van der Waals surface area contributed by atoms with Gasteiger partial charge in [-0.15, -0.1) is 0 Å². The SMILES string of the molecule is Cc1ccc(CCNC(=O)COc2ccc3c(c2)OCO3)o1. The van der Waals surface area contributed by atoms with Gasteiger partial charge in [-0.2, -0.15) is 0 Å². The summed E-state index contributed by atoms with van der Waals surface area (Å²) >= 11 is 0. The third kappa shape index (κ3) is 3.52. The Hall–Kier alpha value is -2.63. The van der Waals surface area contributed by atoms with Gasteiger partial charge in [-0.25, -0.2) is 0 Å². The van der Waals surface area contributed by atoms with Crippen LogP contribution < -0.4 is 19.5 Å². The van der Waals surface area contributed by atoms with E-state index in [2.05, 4.69) is 5.32 Å². The first-order valence-corrected chi connectivity index (χ1v) is 7.05. The van der Waals surface area contributed by atoms with Crippen molar-refractivity contribution in [2.24, 2.45) is 0 Å². The number of furan rings is 1. The largest absolute Gasteiger partial charge is 0.484 e. The highest BCUT2D eigenvalue weighted by Crippen LogP contribution is 2.34. The predicted octanol–water partition coefficient (Wildman–Crippen LogP) is 2.05. The van der Waals surface area contributed by atoms with Crippen molar-refractivity contribution in [1.29, 1.82) is 0 Å². The average molecular weight is 303 g/mol. The van der Waals surface area contributed by atoms with E-state index < -0.39 is 0 Å². The van der Waals surface area contributed by atoms with Gasteiger partial charge in [0.2, 0.25) is 6.79 Å². The number of carbonyl (C=O) groups excluding carboxylic acids is 1. The van der Waals surface area contributed by atoms with Crippen molar-refractivity contribution in [2.45, 2.75) is 13.3 Å². The lowest BCUT2D eigenvalue weighted by Gasteiger charge is -2.07. The van der Waals surface area contributed by atoms with Crippen LogP contribution >= 0.6 is 0 Å². The molecule has 0 atom stereocenters. The monoisotopic (exact) mass is 303 g/mol. The van der Waals surface area contributed by atoms with Crippen LogP contribution in [0.2, 0.25) is 0 Å². The Balaban J connectivity index is 1.40. The smallest absolute Gasteiger partial charge is 0.257 e. The number of hydrogen-bond acceptors (Lipinski definition) is 5. The highest BCUT2D eigenvalue weighted by atomic mass is 16.7. The van der Waals surface area contributed by atoms with E-state index in [4.69, 9.17) is 18.6 Å². The van der Waals surface area contributed by atoms with Crippen LogP contribution in [0.3, 0.4) is 0 Å². The van der Waals surface area contributed by atoms with E-state index in [1.54, 1.807) is 18.2 Å². The normalized spacial score (nSPS) is 12.2. The first kappa shape index (κ1) is 14.3. The lowest BCUT2D eigenvalue weighted by Crippen LogP contribution is -2.30. The first-order valence-electron chi connectivity index (χ1n) is 7.05. The maximum Gasteiger partial charge on any atom is 0.257 e. The lowest BCUT2D eigenvalue weighted by molar-refractivity contribution is -0.123. The molecule has 0 saturated heterocycles. The van der Waals surface area contributed by atoms with E-state index in [0.29, 0.717) is 30.2 Å². The minimum Gasteiger partial charge on any atom is -0.484 e. The second-order valence-electron chi connectivity index (χ2n) is 4.92. The Kier molecular flexibility index (Phi) is 4.18. The maximum atomic E-state index is 11.7. The maximum absolute atomic E-state index is 11.7. The summed E-state index contributed by atoms with van der Waals surface area (Å²) in [5.74, 6) is 3.43. The van der Waals surface area contributed by atoms with Crippen molar-refractivity contribution in [3.05, 3.63) is 41.9 Å². The molecule has 1 aliphatic rings. The molecule has 0 spiro atoms. The molecule has 1 N–H and O–H groups in total. The molecule has 0 unspecified atom stereocenters. The van der Waals surface area contributed by atoms with Crippen molar-refractivity contribution in [3.8, 4) is 17.2 Å². The van der Waals surface area contributed by atoms with E-state index in [1.807, 2.05) is 19.1 Å². The van der Waals surface area contributed by atoms with E-state index in [9.17, 15) is 4.79 Å². The summed E-state index contributed by atoms with van der Waals surface area (Å²) in [7, 11) is 0. The van der Waals surface area contributed by atoms with Gasteiger partial charge in [0.05, 0.1) is 0 Å². The molecule has 0 aliphatic carbocycles. The highest BCUT2D eigenvalue weighted by Gasteiger charge is 2.14. The van der Waals surface area contributed by atoms with Gasteiger partial charge in [0.25, 0.3) is 5.91 Å². The van der Waals surface area contributed by atoms with Crippen molar-refractivity contribution in [1.82, 2.24) is 5.32 Å². The van der Waals surface area contributed by atoms with Gasteiger partial charge in [-0.3, -0.25) is 4.79 Å². The van der Waals surface area contributed by atoms with Gasteiger partial charge in [-0.05, 0) is 31.2 Å². The van der Waals surface area contributed by atoms with Crippen LogP contribution in [-0.2, 0) is 11.2 Å². The summed E-state index contributed by atoms with van der Waals surface area (Å²) < 4.78 is 21.3. The summed E-state index contributed by atoms with van der Waals surface area (Å²) in [4.78, 5) is 11.7. The molecule has 3 rings (SSSR count). The summed E-state index contributed by atoms with van der Waals surface area (Å²) in [6, 6.07) is 9.02. The van der Waals surface area contributed by atoms with Crippen LogP contribution in [0.15, 0.2) is 34.7 Å².